The lowest BCUT2D eigenvalue weighted by Gasteiger charge is -2.33. The Bertz CT molecular complexity index is 1060. The maximum atomic E-state index is 12.6. The van der Waals surface area contributed by atoms with E-state index >= 15 is 0 Å². The molecule has 3 rings (SSSR count). The Morgan fingerprint density at radius 1 is 1.15 bits per heavy atom. The zero-order chi connectivity index (χ0) is 19.7. The Kier molecular flexibility index (Phi) is 4.81. The van der Waals surface area contributed by atoms with E-state index in [4.69, 9.17) is 0 Å². The maximum absolute atomic E-state index is 12.6. The van der Waals surface area contributed by atoms with Crippen LogP contribution in [0, 0.1) is 0 Å². The van der Waals surface area contributed by atoms with Crippen LogP contribution in [0.3, 0.4) is 0 Å². The van der Waals surface area contributed by atoms with Crippen LogP contribution in [-0.4, -0.2) is 37.1 Å². The first-order valence-electron chi connectivity index (χ1n) is 8.34. The Balaban J connectivity index is 1.91. The van der Waals surface area contributed by atoms with Crippen LogP contribution in [0.15, 0.2) is 46.1 Å². The van der Waals surface area contributed by atoms with Crippen LogP contribution in [-0.2, 0) is 36.6 Å². The fourth-order valence-electron chi connectivity index (χ4n) is 3.18. The van der Waals surface area contributed by atoms with Gasteiger partial charge in [-0.15, -0.1) is 0 Å². The van der Waals surface area contributed by atoms with E-state index < -0.39 is 29.2 Å². The van der Waals surface area contributed by atoms with E-state index in [-0.39, 0.29) is 18.5 Å². The highest BCUT2D eigenvalue weighted by Crippen LogP contribution is 2.23. The second-order valence-corrected chi connectivity index (χ2v) is 6.47. The van der Waals surface area contributed by atoms with Crippen molar-refractivity contribution in [3.63, 3.8) is 0 Å². The summed E-state index contributed by atoms with van der Waals surface area (Å²) in [6, 6.07) is 6.43. The van der Waals surface area contributed by atoms with Crippen LogP contribution in [0.4, 0.5) is 0 Å². The minimum Gasteiger partial charge on any atom is -0.480 e. The molecule has 1 unspecified atom stereocenters. The van der Waals surface area contributed by atoms with Crippen molar-refractivity contribution in [2.45, 2.75) is 19.0 Å². The summed E-state index contributed by atoms with van der Waals surface area (Å²) in [5.41, 5.74) is 0.972. The van der Waals surface area contributed by atoms with Gasteiger partial charge in [-0.3, -0.25) is 14.2 Å². The van der Waals surface area contributed by atoms with Gasteiger partial charge in [-0.1, -0.05) is 24.3 Å². The van der Waals surface area contributed by atoms with Crippen molar-refractivity contribution in [3.05, 3.63) is 74.1 Å². The SMILES string of the molecule is Cn1cc(C=CC(=O)N2Cc3ccccc3CC2C(=O)O)c(=O)n(C)c1=O. The summed E-state index contributed by atoms with van der Waals surface area (Å²) in [6.07, 6.45) is 4.05. The molecule has 0 saturated heterocycles. The number of hydrogen-bond acceptors (Lipinski definition) is 4. The van der Waals surface area contributed by atoms with Crippen molar-refractivity contribution < 1.29 is 14.7 Å². The van der Waals surface area contributed by atoms with Crippen molar-refractivity contribution >= 4 is 18.0 Å². The number of fused-ring (bicyclic) bond motifs is 1. The average Bonchev–Trinajstić information content (AvgIpc) is 2.66. The van der Waals surface area contributed by atoms with Gasteiger partial charge in [0.2, 0.25) is 5.91 Å². The number of benzene rings is 1. The summed E-state index contributed by atoms with van der Waals surface area (Å²) in [6.45, 7) is 0.182. The van der Waals surface area contributed by atoms with E-state index in [1.165, 1.54) is 41.9 Å². The highest BCUT2D eigenvalue weighted by molar-refractivity contribution is 5.94. The molecule has 2 heterocycles. The molecule has 0 bridgehead atoms. The largest absolute Gasteiger partial charge is 0.480 e. The Hall–Kier alpha value is -3.42. The number of aliphatic carboxylic acids is 1. The Morgan fingerprint density at radius 2 is 1.81 bits per heavy atom. The van der Waals surface area contributed by atoms with Crippen LogP contribution in [0.1, 0.15) is 16.7 Å². The Morgan fingerprint density at radius 3 is 2.48 bits per heavy atom. The van der Waals surface area contributed by atoms with Gasteiger partial charge in [-0.25, -0.2) is 9.59 Å². The van der Waals surface area contributed by atoms with Crippen LogP contribution in [0.25, 0.3) is 6.08 Å². The molecule has 8 heteroatoms. The molecule has 0 radical (unpaired) electrons. The van der Waals surface area contributed by atoms with E-state index in [2.05, 4.69) is 0 Å². The summed E-state index contributed by atoms with van der Waals surface area (Å²) in [5, 5.41) is 9.51. The molecular formula is C19H19N3O5. The third-order valence-electron chi connectivity index (χ3n) is 4.70. The van der Waals surface area contributed by atoms with Gasteiger partial charge in [0.1, 0.15) is 6.04 Å². The monoisotopic (exact) mass is 369 g/mol. The van der Waals surface area contributed by atoms with E-state index in [1.54, 1.807) is 0 Å². The lowest BCUT2D eigenvalue weighted by atomic mass is 9.94. The van der Waals surface area contributed by atoms with Crippen LogP contribution in [0.5, 0.6) is 0 Å². The number of aryl methyl sites for hydroxylation is 1. The number of nitrogens with zero attached hydrogens (tertiary/aromatic N) is 3. The van der Waals surface area contributed by atoms with Crippen LogP contribution >= 0.6 is 0 Å². The van der Waals surface area contributed by atoms with Crippen molar-refractivity contribution in [3.8, 4) is 0 Å². The molecule has 0 aliphatic carbocycles. The molecular weight excluding hydrogens is 350 g/mol. The molecule has 27 heavy (non-hydrogen) atoms. The molecule has 1 aliphatic rings. The maximum Gasteiger partial charge on any atom is 0.330 e. The van der Waals surface area contributed by atoms with Crippen molar-refractivity contribution in [2.24, 2.45) is 14.1 Å². The zero-order valence-corrected chi connectivity index (χ0v) is 15.0. The lowest BCUT2D eigenvalue weighted by molar-refractivity contribution is -0.149. The molecule has 1 aromatic carbocycles. The molecule has 0 spiro atoms. The predicted molar refractivity (Wildman–Crippen MR) is 98.1 cm³/mol. The standard InChI is InChI=1S/C19H19N3O5/c1-20-10-14(17(24)21(2)19(20)27)7-8-16(23)22-11-13-6-4-3-5-12(13)9-15(22)18(25)26/h3-8,10,15H,9,11H2,1-2H3,(H,25,26). The number of amides is 1. The number of carboxylic acids is 1. The number of carboxylic acid groups (broad SMARTS) is 1. The predicted octanol–water partition coefficient (Wildman–Crippen LogP) is 0.135. The van der Waals surface area contributed by atoms with Gasteiger partial charge in [-0.2, -0.15) is 0 Å². The van der Waals surface area contributed by atoms with Crippen LogP contribution < -0.4 is 11.2 Å². The van der Waals surface area contributed by atoms with E-state index in [0.717, 1.165) is 15.7 Å². The van der Waals surface area contributed by atoms with Gasteiger partial charge in [-0.05, 0) is 17.2 Å². The third-order valence-corrected chi connectivity index (χ3v) is 4.70. The normalized spacial score (nSPS) is 16.4. The molecule has 1 aliphatic heterocycles. The number of aromatic nitrogens is 2. The molecule has 1 atom stereocenters. The molecule has 2 aromatic rings. The van der Waals surface area contributed by atoms with E-state index in [9.17, 15) is 24.3 Å². The number of rotatable bonds is 3. The summed E-state index contributed by atoms with van der Waals surface area (Å²) in [7, 11) is 2.86. The lowest BCUT2D eigenvalue weighted by Crippen LogP contribution is -2.48. The second kappa shape index (κ2) is 7.06. The van der Waals surface area contributed by atoms with Crippen molar-refractivity contribution in [2.75, 3.05) is 0 Å². The third kappa shape index (κ3) is 3.46. The molecule has 1 aromatic heterocycles. The van der Waals surface area contributed by atoms with Gasteiger partial charge < -0.3 is 14.6 Å². The van der Waals surface area contributed by atoms with E-state index in [0.29, 0.717) is 0 Å². The number of carbonyl (C=O) groups is 2. The fraction of sp³-hybridized carbons (Fsp3) is 0.263. The fourth-order valence-corrected chi connectivity index (χ4v) is 3.18. The first-order chi connectivity index (χ1) is 12.8. The summed E-state index contributed by atoms with van der Waals surface area (Å²) < 4.78 is 2.18. The molecule has 0 fully saturated rings. The average molecular weight is 369 g/mol. The number of hydrogen-bond donors (Lipinski definition) is 1. The minimum atomic E-state index is -1.08. The molecule has 0 saturated carbocycles. The highest BCUT2D eigenvalue weighted by Gasteiger charge is 2.33. The first-order valence-corrected chi connectivity index (χ1v) is 8.34. The summed E-state index contributed by atoms with van der Waals surface area (Å²) in [5.74, 6) is -1.59. The summed E-state index contributed by atoms with van der Waals surface area (Å²) >= 11 is 0. The van der Waals surface area contributed by atoms with Gasteiger partial charge in [0.25, 0.3) is 5.56 Å². The van der Waals surface area contributed by atoms with E-state index in [1.807, 2.05) is 24.3 Å². The number of carbonyl (C=O) groups excluding carboxylic acids is 1. The van der Waals surface area contributed by atoms with Gasteiger partial charge in [0.05, 0.1) is 5.56 Å². The molecule has 1 N–H and O–H groups in total. The van der Waals surface area contributed by atoms with Crippen molar-refractivity contribution in [1.82, 2.24) is 14.0 Å². The summed E-state index contributed by atoms with van der Waals surface area (Å²) in [4.78, 5) is 49.4. The highest BCUT2D eigenvalue weighted by atomic mass is 16.4. The van der Waals surface area contributed by atoms with Gasteiger partial charge in [0.15, 0.2) is 0 Å². The van der Waals surface area contributed by atoms with Gasteiger partial charge >= 0.3 is 11.7 Å². The molecule has 1 amide bonds. The molecule has 8 nitrogen and oxygen atoms in total. The smallest absolute Gasteiger partial charge is 0.330 e. The zero-order valence-electron chi connectivity index (χ0n) is 15.0. The van der Waals surface area contributed by atoms with Gasteiger partial charge in [0, 0.05) is 39.3 Å². The first kappa shape index (κ1) is 18.4. The topological polar surface area (TPSA) is 102 Å². The van der Waals surface area contributed by atoms with Crippen molar-refractivity contribution in [1.29, 1.82) is 0 Å². The Labute approximate surface area is 154 Å². The van der Waals surface area contributed by atoms with Crippen LogP contribution in [0.2, 0.25) is 0 Å². The quantitative estimate of drug-likeness (QED) is 0.776. The molecule has 140 valence electrons. The minimum absolute atomic E-state index is 0.164. The second-order valence-electron chi connectivity index (χ2n) is 6.47.